The smallest absolute Gasteiger partial charge is 0.358 e. The highest BCUT2D eigenvalue weighted by molar-refractivity contribution is 5.92. The number of aromatic carboxylic acids is 1. The summed E-state index contributed by atoms with van der Waals surface area (Å²) in [7, 11) is 1.75. The minimum absolute atomic E-state index is 0.120. The van der Waals surface area contributed by atoms with Crippen molar-refractivity contribution in [2.75, 3.05) is 0 Å². The average Bonchev–Trinajstić information content (AvgIpc) is 3.07. The molecular formula is C12H11N7O2. The fraction of sp³-hybridized carbons (Fsp3) is 0.167. The Labute approximate surface area is 118 Å². The molecule has 1 N–H and O–H groups in total. The van der Waals surface area contributed by atoms with E-state index in [1.54, 1.807) is 36.3 Å². The third-order valence-electron chi connectivity index (χ3n) is 2.97. The Morgan fingerprint density at radius 2 is 2.29 bits per heavy atom. The minimum Gasteiger partial charge on any atom is -0.476 e. The zero-order valence-electron chi connectivity index (χ0n) is 11.1. The molecule has 0 amide bonds. The molecule has 9 heteroatoms. The maximum absolute atomic E-state index is 11.3. The van der Waals surface area contributed by atoms with Gasteiger partial charge in [0.25, 0.3) is 0 Å². The van der Waals surface area contributed by atoms with Gasteiger partial charge in [-0.3, -0.25) is 9.67 Å². The monoisotopic (exact) mass is 285 g/mol. The summed E-state index contributed by atoms with van der Waals surface area (Å²) in [5, 5.41) is 20.9. The van der Waals surface area contributed by atoms with Gasteiger partial charge in [-0.2, -0.15) is 5.10 Å². The second kappa shape index (κ2) is 5.12. The average molecular weight is 285 g/mol. The summed E-state index contributed by atoms with van der Waals surface area (Å²) in [6.07, 6.45) is 4.60. The highest BCUT2D eigenvalue weighted by Gasteiger charge is 2.21. The maximum Gasteiger partial charge on any atom is 0.358 e. The van der Waals surface area contributed by atoms with Crippen molar-refractivity contribution in [1.29, 1.82) is 0 Å². The van der Waals surface area contributed by atoms with E-state index in [1.807, 2.05) is 0 Å². The predicted octanol–water partition coefficient (Wildman–Crippen LogP) is 0.215. The molecule has 3 aromatic heterocycles. The number of nitrogens with zero attached hydrogens (tertiary/aromatic N) is 7. The van der Waals surface area contributed by atoms with Gasteiger partial charge in [-0.05, 0) is 12.1 Å². The Hall–Kier alpha value is -3.10. The Morgan fingerprint density at radius 1 is 1.43 bits per heavy atom. The van der Waals surface area contributed by atoms with Crippen molar-refractivity contribution in [2.24, 2.45) is 7.05 Å². The minimum atomic E-state index is -1.14. The Balaban J connectivity index is 2.09. The summed E-state index contributed by atoms with van der Waals surface area (Å²) in [5.41, 5.74) is 0.894. The molecule has 0 unspecified atom stereocenters. The van der Waals surface area contributed by atoms with Gasteiger partial charge in [-0.15, -0.1) is 5.10 Å². The number of aromatic nitrogens is 7. The summed E-state index contributed by atoms with van der Waals surface area (Å²) in [6.45, 7) is 0.265. The van der Waals surface area contributed by atoms with E-state index in [0.717, 1.165) is 0 Å². The van der Waals surface area contributed by atoms with Crippen LogP contribution in [0.1, 0.15) is 16.3 Å². The first-order valence-corrected chi connectivity index (χ1v) is 6.07. The third-order valence-corrected chi connectivity index (χ3v) is 2.97. The van der Waals surface area contributed by atoms with Crippen LogP contribution < -0.4 is 0 Å². The van der Waals surface area contributed by atoms with Crippen molar-refractivity contribution in [1.82, 2.24) is 34.7 Å². The topological polar surface area (TPSA) is 112 Å². The van der Waals surface area contributed by atoms with Gasteiger partial charge in [-0.1, -0.05) is 5.21 Å². The molecule has 0 aliphatic heterocycles. The molecular weight excluding hydrogens is 274 g/mol. The summed E-state index contributed by atoms with van der Waals surface area (Å²) in [6, 6.07) is 3.48. The molecule has 106 valence electrons. The molecule has 0 bridgehead atoms. The molecule has 0 aliphatic rings. The first kappa shape index (κ1) is 12.9. The summed E-state index contributed by atoms with van der Waals surface area (Å²) < 4.78 is 3.07. The predicted molar refractivity (Wildman–Crippen MR) is 70.3 cm³/mol. The lowest BCUT2D eigenvalue weighted by atomic mass is 10.1. The molecule has 0 spiro atoms. The number of rotatable bonds is 4. The first-order valence-electron chi connectivity index (χ1n) is 6.07. The molecule has 0 aliphatic carbocycles. The van der Waals surface area contributed by atoms with Crippen LogP contribution in [0, 0.1) is 0 Å². The van der Waals surface area contributed by atoms with E-state index in [9.17, 15) is 9.90 Å². The van der Waals surface area contributed by atoms with Gasteiger partial charge in [0, 0.05) is 25.0 Å². The standard InChI is InChI=1S/C12H11N7O2/c1-18-9(14-7-15-18)6-19-11(8-3-2-4-13-5-8)10(12(20)21)16-17-19/h2-5,7H,6H2,1H3,(H,20,21). The van der Waals surface area contributed by atoms with Gasteiger partial charge < -0.3 is 5.11 Å². The molecule has 3 rings (SSSR count). The molecule has 9 nitrogen and oxygen atoms in total. The zero-order valence-corrected chi connectivity index (χ0v) is 11.1. The summed E-state index contributed by atoms with van der Waals surface area (Å²) in [4.78, 5) is 19.4. The van der Waals surface area contributed by atoms with E-state index in [0.29, 0.717) is 17.1 Å². The van der Waals surface area contributed by atoms with E-state index in [1.165, 1.54) is 11.0 Å². The largest absolute Gasteiger partial charge is 0.476 e. The third kappa shape index (κ3) is 2.36. The molecule has 3 aromatic rings. The van der Waals surface area contributed by atoms with Crippen LogP contribution in [0.3, 0.4) is 0 Å². The van der Waals surface area contributed by atoms with Gasteiger partial charge in [-0.25, -0.2) is 14.5 Å². The summed E-state index contributed by atoms with van der Waals surface area (Å²) >= 11 is 0. The zero-order chi connectivity index (χ0) is 14.8. The summed E-state index contributed by atoms with van der Waals surface area (Å²) in [5.74, 6) is -0.500. The van der Waals surface area contributed by atoms with Gasteiger partial charge in [0.05, 0.1) is 0 Å². The molecule has 0 saturated carbocycles. The number of hydrogen-bond acceptors (Lipinski definition) is 6. The SMILES string of the molecule is Cn1ncnc1Cn1nnc(C(=O)O)c1-c1cccnc1. The second-order valence-electron chi connectivity index (χ2n) is 4.29. The van der Waals surface area contributed by atoms with Gasteiger partial charge in [0.15, 0.2) is 5.69 Å². The van der Waals surface area contributed by atoms with Crippen LogP contribution in [0.15, 0.2) is 30.9 Å². The number of aryl methyl sites for hydroxylation is 1. The van der Waals surface area contributed by atoms with Crippen LogP contribution in [0.4, 0.5) is 0 Å². The van der Waals surface area contributed by atoms with Crippen LogP contribution in [-0.2, 0) is 13.6 Å². The van der Waals surface area contributed by atoms with E-state index < -0.39 is 5.97 Å². The van der Waals surface area contributed by atoms with Crippen molar-refractivity contribution < 1.29 is 9.90 Å². The number of carboxylic acids is 1. The van der Waals surface area contributed by atoms with Gasteiger partial charge in [0.2, 0.25) is 0 Å². The number of hydrogen-bond donors (Lipinski definition) is 1. The Kier molecular flexibility index (Phi) is 3.14. The molecule has 0 atom stereocenters. The molecule has 21 heavy (non-hydrogen) atoms. The van der Waals surface area contributed by atoms with E-state index >= 15 is 0 Å². The quantitative estimate of drug-likeness (QED) is 0.729. The Bertz CT molecular complexity index is 778. The van der Waals surface area contributed by atoms with Crippen molar-refractivity contribution >= 4 is 5.97 Å². The highest BCUT2D eigenvalue weighted by atomic mass is 16.4. The normalized spacial score (nSPS) is 10.7. The van der Waals surface area contributed by atoms with Gasteiger partial charge in [0.1, 0.15) is 24.4 Å². The molecule has 0 radical (unpaired) electrons. The number of pyridine rings is 1. The van der Waals surface area contributed by atoms with Crippen LogP contribution in [0.25, 0.3) is 11.3 Å². The van der Waals surface area contributed by atoms with Crippen molar-refractivity contribution in [3.8, 4) is 11.3 Å². The molecule has 0 saturated heterocycles. The fourth-order valence-corrected chi connectivity index (χ4v) is 1.95. The highest BCUT2D eigenvalue weighted by Crippen LogP contribution is 2.21. The van der Waals surface area contributed by atoms with E-state index in [-0.39, 0.29) is 12.2 Å². The molecule has 0 fully saturated rings. The molecule has 0 aromatic carbocycles. The van der Waals surface area contributed by atoms with Crippen LogP contribution in [-0.4, -0.2) is 45.8 Å². The van der Waals surface area contributed by atoms with Gasteiger partial charge >= 0.3 is 5.97 Å². The first-order chi connectivity index (χ1) is 10.2. The van der Waals surface area contributed by atoms with E-state index in [2.05, 4.69) is 25.4 Å². The van der Waals surface area contributed by atoms with Crippen molar-refractivity contribution in [3.63, 3.8) is 0 Å². The lowest BCUT2D eigenvalue weighted by Gasteiger charge is -2.06. The second-order valence-corrected chi connectivity index (χ2v) is 4.29. The van der Waals surface area contributed by atoms with Crippen LogP contribution in [0.2, 0.25) is 0 Å². The number of carbonyl (C=O) groups is 1. The maximum atomic E-state index is 11.3. The lowest BCUT2D eigenvalue weighted by Crippen LogP contribution is -2.10. The van der Waals surface area contributed by atoms with E-state index in [4.69, 9.17) is 0 Å². The van der Waals surface area contributed by atoms with Crippen molar-refractivity contribution in [2.45, 2.75) is 6.54 Å². The molecule has 3 heterocycles. The van der Waals surface area contributed by atoms with Crippen molar-refractivity contribution in [3.05, 3.63) is 42.4 Å². The van der Waals surface area contributed by atoms with Crippen LogP contribution >= 0.6 is 0 Å². The Morgan fingerprint density at radius 3 is 2.90 bits per heavy atom. The number of carboxylic acid groups (broad SMARTS) is 1. The fourth-order valence-electron chi connectivity index (χ4n) is 1.95. The lowest BCUT2D eigenvalue weighted by molar-refractivity contribution is 0.0691. The van der Waals surface area contributed by atoms with Crippen LogP contribution in [0.5, 0.6) is 0 Å².